The predicted octanol–water partition coefficient (Wildman–Crippen LogP) is 4.53. The summed E-state index contributed by atoms with van der Waals surface area (Å²) in [6.45, 7) is 3.10. The number of fused-ring (bicyclic) bond motifs is 1. The number of ether oxygens (including phenoxy) is 4. The first kappa shape index (κ1) is 27.6. The zero-order valence-corrected chi connectivity index (χ0v) is 21.0. The topological polar surface area (TPSA) is 124 Å². The summed E-state index contributed by atoms with van der Waals surface area (Å²) >= 11 is 6.38. The van der Waals surface area contributed by atoms with Crippen molar-refractivity contribution in [3.05, 3.63) is 82.4 Å². The second kappa shape index (κ2) is 14.0. The summed E-state index contributed by atoms with van der Waals surface area (Å²) in [4.78, 5) is 18.2. The molecular formula is C27H28ClNO8. The van der Waals surface area contributed by atoms with Crippen molar-refractivity contribution >= 4 is 23.5 Å². The van der Waals surface area contributed by atoms with Gasteiger partial charge in [0, 0.05) is 19.5 Å². The highest BCUT2D eigenvalue weighted by Crippen LogP contribution is 2.38. The zero-order chi connectivity index (χ0) is 26.6. The standard InChI is InChI=1S/C25H26ClNO4.C2H2O4/c1-28-23-13-19(8-9-22(23)31-17-18-6-3-2-4-7-18)15-27-16-20-12-21(26)25-24(14-20)29-10-5-11-30-25;3-1(4)2(5)6/h2-4,6-9,12-14,27H,5,10-11,15-17H2,1H3;(H,3,4)(H,5,6). The van der Waals surface area contributed by atoms with Crippen LogP contribution >= 0.6 is 11.6 Å². The molecule has 0 spiro atoms. The maximum absolute atomic E-state index is 9.10. The molecule has 3 N–H and O–H groups in total. The average molecular weight is 530 g/mol. The molecule has 1 aliphatic heterocycles. The minimum Gasteiger partial charge on any atom is -0.493 e. The molecule has 0 amide bonds. The molecule has 4 rings (SSSR count). The van der Waals surface area contributed by atoms with Crippen LogP contribution in [0.4, 0.5) is 0 Å². The fourth-order valence-electron chi connectivity index (χ4n) is 3.41. The van der Waals surface area contributed by atoms with Gasteiger partial charge in [0.15, 0.2) is 23.0 Å². The van der Waals surface area contributed by atoms with Gasteiger partial charge >= 0.3 is 11.9 Å². The van der Waals surface area contributed by atoms with E-state index in [1.54, 1.807) is 7.11 Å². The Morgan fingerprint density at radius 3 is 2.30 bits per heavy atom. The summed E-state index contributed by atoms with van der Waals surface area (Å²) in [6.07, 6.45) is 0.853. The number of carboxylic acids is 2. The molecule has 0 aliphatic carbocycles. The van der Waals surface area contributed by atoms with Gasteiger partial charge in [-0.1, -0.05) is 48.0 Å². The lowest BCUT2D eigenvalue weighted by molar-refractivity contribution is -0.159. The van der Waals surface area contributed by atoms with Crippen molar-refractivity contribution in [1.29, 1.82) is 0 Å². The van der Waals surface area contributed by atoms with Crippen LogP contribution in [-0.4, -0.2) is 42.5 Å². The van der Waals surface area contributed by atoms with E-state index in [1.807, 2.05) is 60.7 Å². The number of rotatable bonds is 8. The summed E-state index contributed by atoms with van der Waals surface area (Å²) in [6, 6.07) is 20.0. The molecule has 37 heavy (non-hydrogen) atoms. The SMILES string of the molecule is COc1cc(CNCc2cc(Cl)c3c(c2)OCCCO3)ccc1OCc1ccccc1.O=C(O)C(=O)O. The Kier molecular flexibility index (Phi) is 10.4. The molecule has 0 fully saturated rings. The first-order valence-corrected chi connectivity index (χ1v) is 11.8. The number of carboxylic acid groups (broad SMARTS) is 2. The van der Waals surface area contributed by atoms with Gasteiger partial charge in [0.25, 0.3) is 0 Å². The van der Waals surface area contributed by atoms with Crippen molar-refractivity contribution in [2.75, 3.05) is 20.3 Å². The highest BCUT2D eigenvalue weighted by atomic mass is 35.5. The van der Waals surface area contributed by atoms with Crippen LogP contribution in [0.15, 0.2) is 60.7 Å². The third-order valence-electron chi connectivity index (χ3n) is 5.17. The Bertz CT molecular complexity index is 1190. The van der Waals surface area contributed by atoms with Crippen molar-refractivity contribution in [2.24, 2.45) is 0 Å². The highest BCUT2D eigenvalue weighted by Gasteiger charge is 2.15. The van der Waals surface area contributed by atoms with Gasteiger partial charge in [-0.3, -0.25) is 0 Å². The van der Waals surface area contributed by atoms with Crippen LogP contribution in [0.5, 0.6) is 23.0 Å². The Hall–Kier alpha value is -3.95. The van der Waals surface area contributed by atoms with Gasteiger partial charge < -0.3 is 34.5 Å². The quantitative estimate of drug-likeness (QED) is 0.361. The van der Waals surface area contributed by atoms with Crippen LogP contribution in [0.2, 0.25) is 5.02 Å². The molecule has 1 aliphatic rings. The molecule has 10 heteroatoms. The minimum absolute atomic E-state index is 0.500. The van der Waals surface area contributed by atoms with Crippen LogP contribution in [0.25, 0.3) is 0 Å². The van der Waals surface area contributed by atoms with Crippen LogP contribution in [-0.2, 0) is 29.3 Å². The summed E-state index contributed by atoms with van der Waals surface area (Å²) in [5.41, 5.74) is 3.26. The Morgan fingerprint density at radius 1 is 0.892 bits per heavy atom. The molecule has 1 heterocycles. The molecule has 0 unspecified atom stereocenters. The third kappa shape index (κ3) is 8.59. The fraction of sp³-hybridized carbons (Fsp3) is 0.259. The van der Waals surface area contributed by atoms with Crippen molar-refractivity contribution in [1.82, 2.24) is 5.32 Å². The summed E-state index contributed by atoms with van der Waals surface area (Å²) in [5, 5.41) is 18.8. The van der Waals surface area contributed by atoms with Crippen LogP contribution in [0.1, 0.15) is 23.1 Å². The molecule has 0 saturated carbocycles. The lowest BCUT2D eigenvalue weighted by Gasteiger charge is -2.14. The average Bonchev–Trinajstić information content (AvgIpc) is 3.15. The van der Waals surface area contributed by atoms with Crippen LogP contribution in [0, 0.1) is 0 Å². The maximum atomic E-state index is 9.10. The van der Waals surface area contributed by atoms with Gasteiger partial charge in [-0.25, -0.2) is 9.59 Å². The van der Waals surface area contributed by atoms with Crippen molar-refractivity contribution in [3.8, 4) is 23.0 Å². The monoisotopic (exact) mass is 529 g/mol. The Balaban J connectivity index is 0.000000568. The Labute approximate surface area is 219 Å². The van der Waals surface area contributed by atoms with E-state index >= 15 is 0 Å². The molecule has 9 nitrogen and oxygen atoms in total. The first-order valence-electron chi connectivity index (χ1n) is 11.5. The molecule has 3 aromatic rings. The fourth-order valence-corrected chi connectivity index (χ4v) is 3.70. The smallest absolute Gasteiger partial charge is 0.414 e. The van der Waals surface area contributed by atoms with Gasteiger partial charge in [-0.05, 0) is 41.0 Å². The lowest BCUT2D eigenvalue weighted by Crippen LogP contribution is -2.13. The number of hydrogen-bond donors (Lipinski definition) is 3. The number of hydrogen-bond acceptors (Lipinski definition) is 7. The molecule has 0 aromatic heterocycles. The van der Waals surface area contributed by atoms with Gasteiger partial charge in [-0.2, -0.15) is 0 Å². The van der Waals surface area contributed by atoms with Crippen molar-refractivity contribution < 1.29 is 38.7 Å². The second-order valence-corrected chi connectivity index (χ2v) is 8.34. The molecule has 0 saturated heterocycles. The molecule has 196 valence electrons. The number of carbonyl (C=O) groups is 2. The minimum atomic E-state index is -1.82. The lowest BCUT2D eigenvalue weighted by atomic mass is 10.1. The zero-order valence-electron chi connectivity index (χ0n) is 20.2. The molecular weight excluding hydrogens is 502 g/mol. The van der Waals surface area contributed by atoms with Gasteiger partial charge in [-0.15, -0.1) is 0 Å². The first-order chi connectivity index (χ1) is 17.9. The largest absolute Gasteiger partial charge is 0.493 e. The summed E-state index contributed by atoms with van der Waals surface area (Å²) in [7, 11) is 1.65. The van der Waals surface area contributed by atoms with Crippen molar-refractivity contribution in [2.45, 2.75) is 26.1 Å². The Morgan fingerprint density at radius 2 is 1.59 bits per heavy atom. The van der Waals surface area contributed by atoms with E-state index in [0.29, 0.717) is 55.2 Å². The second-order valence-electron chi connectivity index (χ2n) is 7.93. The maximum Gasteiger partial charge on any atom is 0.414 e. The highest BCUT2D eigenvalue weighted by molar-refractivity contribution is 6.32. The molecule has 0 atom stereocenters. The molecule has 0 radical (unpaired) electrons. The number of methoxy groups -OCH3 is 1. The van der Waals surface area contributed by atoms with E-state index in [4.69, 9.17) is 50.4 Å². The number of benzene rings is 3. The van der Waals surface area contributed by atoms with E-state index in [2.05, 4.69) is 5.32 Å². The van der Waals surface area contributed by atoms with Crippen LogP contribution < -0.4 is 24.3 Å². The van der Waals surface area contributed by atoms with Gasteiger partial charge in [0.05, 0.1) is 25.3 Å². The van der Waals surface area contributed by atoms with Gasteiger partial charge in [0.1, 0.15) is 6.61 Å². The third-order valence-corrected chi connectivity index (χ3v) is 5.45. The van der Waals surface area contributed by atoms with E-state index in [9.17, 15) is 0 Å². The van der Waals surface area contributed by atoms with E-state index in [-0.39, 0.29) is 0 Å². The molecule has 0 bridgehead atoms. The predicted molar refractivity (Wildman–Crippen MR) is 137 cm³/mol. The normalized spacial score (nSPS) is 11.9. The number of halogens is 1. The summed E-state index contributed by atoms with van der Waals surface area (Å²) < 4.78 is 22.9. The van der Waals surface area contributed by atoms with E-state index in [1.165, 1.54) is 0 Å². The summed E-state index contributed by atoms with van der Waals surface area (Å²) in [5.74, 6) is -0.856. The van der Waals surface area contributed by atoms with Crippen molar-refractivity contribution in [3.63, 3.8) is 0 Å². The number of aliphatic carboxylic acids is 2. The van der Waals surface area contributed by atoms with E-state index in [0.717, 1.165) is 28.9 Å². The van der Waals surface area contributed by atoms with E-state index < -0.39 is 11.9 Å². The molecule has 3 aromatic carbocycles. The van der Waals surface area contributed by atoms with Crippen LogP contribution in [0.3, 0.4) is 0 Å². The number of nitrogens with one attached hydrogen (secondary N) is 1. The van der Waals surface area contributed by atoms with Gasteiger partial charge in [0.2, 0.25) is 0 Å².